The molecule has 0 spiro atoms. The molecule has 1 unspecified atom stereocenters. The lowest BCUT2D eigenvalue weighted by atomic mass is 9.98. The molecule has 204 valence electrons. The zero-order valence-electron chi connectivity index (χ0n) is 23.7. The van der Waals surface area contributed by atoms with Gasteiger partial charge in [-0.25, -0.2) is 4.57 Å². The maximum Gasteiger partial charge on any atom is 0.475 e. The molecule has 2 saturated carbocycles. The van der Waals surface area contributed by atoms with E-state index in [-0.39, 0.29) is 23.4 Å². The summed E-state index contributed by atoms with van der Waals surface area (Å²) in [6, 6.07) is 0. The molecule has 0 aliphatic heterocycles. The van der Waals surface area contributed by atoms with Gasteiger partial charge in [0, 0.05) is 0 Å². The summed E-state index contributed by atoms with van der Waals surface area (Å²) in [7, 11) is -5.45. The fourth-order valence-electron chi connectivity index (χ4n) is 4.40. The number of allylic oxidation sites excluding steroid dienone is 1. The van der Waals surface area contributed by atoms with Crippen molar-refractivity contribution in [1.82, 2.24) is 0 Å². The van der Waals surface area contributed by atoms with Gasteiger partial charge in [-0.2, -0.15) is 0 Å². The minimum absolute atomic E-state index is 0.0435. The van der Waals surface area contributed by atoms with Crippen LogP contribution in [0.4, 0.5) is 0 Å². The molecule has 1 atom stereocenters. The summed E-state index contributed by atoms with van der Waals surface area (Å²) in [5.74, 6) is 0. The lowest BCUT2D eigenvalue weighted by molar-refractivity contribution is 0.0182. The van der Waals surface area contributed by atoms with Crippen LogP contribution in [0.3, 0.4) is 0 Å². The van der Waals surface area contributed by atoms with Crippen LogP contribution in [0.5, 0.6) is 0 Å². The van der Waals surface area contributed by atoms with E-state index in [4.69, 9.17) is 18.0 Å². The molecule has 0 bridgehead atoms. The first-order chi connectivity index (χ1) is 16.3. The molecule has 0 aromatic carbocycles. The fraction of sp³-hybridized carbons (Fsp3) is 0.857. The molecule has 0 aromatic heterocycles. The summed E-state index contributed by atoms with van der Waals surface area (Å²) in [5.41, 5.74) is 2.10. The van der Waals surface area contributed by atoms with E-state index in [1.807, 2.05) is 6.92 Å². The first-order valence-corrected chi connectivity index (χ1v) is 18.3. The van der Waals surface area contributed by atoms with Crippen LogP contribution in [0, 0.1) is 0 Å². The molecule has 7 heteroatoms. The van der Waals surface area contributed by atoms with Crippen LogP contribution >= 0.6 is 7.82 Å². The third kappa shape index (κ3) is 11.0. The largest absolute Gasteiger partial charge is 0.475 e. The second-order valence-electron chi connectivity index (χ2n) is 12.3. The van der Waals surface area contributed by atoms with Gasteiger partial charge in [0.2, 0.25) is 0 Å². The Balaban J connectivity index is 2.00. The van der Waals surface area contributed by atoms with Crippen molar-refractivity contribution in [2.45, 2.75) is 148 Å². The van der Waals surface area contributed by atoms with Gasteiger partial charge in [0.15, 0.2) is 8.32 Å². The fourth-order valence-corrected chi connectivity index (χ4v) is 7.23. The molecule has 2 aliphatic rings. The summed E-state index contributed by atoms with van der Waals surface area (Å²) in [6.07, 6.45) is 13.8. The van der Waals surface area contributed by atoms with Gasteiger partial charge >= 0.3 is 7.82 Å². The van der Waals surface area contributed by atoms with Gasteiger partial charge in [-0.1, -0.05) is 83.1 Å². The minimum atomic E-state index is -3.69. The molecule has 0 saturated heterocycles. The highest BCUT2D eigenvalue weighted by atomic mass is 31.2. The SMILES string of the molecule is C=C(C)C(CC/C(C)=C/CO[Si](C)(C)C(C)(C)C)OP(=O)(OC1CCCCC1)OC1CCCCC1. The molecule has 2 fully saturated rings. The summed E-state index contributed by atoms with van der Waals surface area (Å²) in [5, 5.41) is 0.200. The Morgan fingerprint density at radius 2 is 1.46 bits per heavy atom. The predicted molar refractivity (Wildman–Crippen MR) is 149 cm³/mol. The lowest BCUT2D eigenvalue weighted by Gasteiger charge is -2.35. The Labute approximate surface area is 217 Å². The van der Waals surface area contributed by atoms with Crippen LogP contribution in [-0.4, -0.2) is 33.2 Å². The van der Waals surface area contributed by atoms with Gasteiger partial charge in [-0.15, -0.1) is 0 Å². The zero-order valence-corrected chi connectivity index (χ0v) is 25.6. The zero-order chi connectivity index (χ0) is 26.1. The van der Waals surface area contributed by atoms with Gasteiger partial charge < -0.3 is 4.43 Å². The molecule has 5 nitrogen and oxygen atoms in total. The Hall–Kier alpha value is -0.233. The highest BCUT2D eigenvalue weighted by Crippen LogP contribution is 2.56. The lowest BCUT2D eigenvalue weighted by Crippen LogP contribution is -2.40. The number of phosphoric ester groups is 1. The number of hydrogen-bond acceptors (Lipinski definition) is 5. The van der Waals surface area contributed by atoms with E-state index in [9.17, 15) is 4.57 Å². The van der Waals surface area contributed by atoms with Crippen molar-refractivity contribution in [3.63, 3.8) is 0 Å². The van der Waals surface area contributed by atoms with Crippen LogP contribution in [-0.2, 0) is 22.6 Å². The first kappa shape index (κ1) is 31.0. The average molecular weight is 529 g/mol. The van der Waals surface area contributed by atoms with Crippen molar-refractivity contribution in [2.24, 2.45) is 0 Å². The second-order valence-corrected chi connectivity index (χ2v) is 18.6. The summed E-state index contributed by atoms with van der Waals surface area (Å²) < 4.78 is 38.8. The average Bonchev–Trinajstić information content (AvgIpc) is 2.77. The minimum Gasteiger partial charge on any atom is -0.413 e. The Kier molecular flexibility index (Phi) is 12.5. The standard InChI is InChI=1S/C28H53O5PSi/c1-23(2)27(20-19-24(3)21-22-30-35(7,8)28(4,5)6)33-34(29,31-25-15-11-9-12-16-25)32-26-17-13-10-14-18-26/h21,25-27H,1,9-20,22H2,2-8H3/b24-21+. The van der Waals surface area contributed by atoms with Crippen LogP contribution in [0.15, 0.2) is 23.8 Å². The van der Waals surface area contributed by atoms with E-state index in [1.54, 1.807) is 0 Å². The molecule has 35 heavy (non-hydrogen) atoms. The van der Waals surface area contributed by atoms with E-state index >= 15 is 0 Å². The van der Waals surface area contributed by atoms with Crippen LogP contribution in [0.2, 0.25) is 18.1 Å². The third-order valence-corrected chi connectivity index (χ3v) is 14.1. The van der Waals surface area contributed by atoms with E-state index in [0.717, 1.165) is 63.4 Å². The number of phosphoric acid groups is 1. The third-order valence-electron chi connectivity index (χ3n) is 7.95. The molecule has 2 rings (SSSR count). The Bertz CT molecular complexity index is 706. The predicted octanol–water partition coefficient (Wildman–Crippen LogP) is 9.50. The smallest absolute Gasteiger partial charge is 0.413 e. The molecule has 0 N–H and O–H groups in total. The van der Waals surface area contributed by atoms with Crippen LogP contribution in [0.1, 0.15) is 112 Å². The van der Waals surface area contributed by atoms with Gasteiger partial charge in [0.25, 0.3) is 0 Å². The maximum atomic E-state index is 13.9. The van der Waals surface area contributed by atoms with Crippen molar-refractivity contribution in [1.29, 1.82) is 0 Å². The monoisotopic (exact) mass is 528 g/mol. The van der Waals surface area contributed by atoms with Crippen molar-refractivity contribution < 1.29 is 22.6 Å². The van der Waals surface area contributed by atoms with Crippen molar-refractivity contribution in [3.05, 3.63) is 23.8 Å². The molecule has 0 amide bonds. The summed E-state index contributed by atoms with van der Waals surface area (Å²) in [6.45, 7) is 20.2. The normalized spacial score (nSPS) is 20.7. The van der Waals surface area contributed by atoms with Crippen molar-refractivity contribution in [2.75, 3.05) is 6.61 Å². The highest BCUT2D eigenvalue weighted by Gasteiger charge is 2.38. The number of hydrogen-bond donors (Lipinski definition) is 0. The van der Waals surface area contributed by atoms with E-state index in [2.05, 4.69) is 53.4 Å². The van der Waals surface area contributed by atoms with Crippen molar-refractivity contribution in [3.8, 4) is 0 Å². The second kappa shape index (κ2) is 14.1. The maximum absolute atomic E-state index is 13.9. The van der Waals surface area contributed by atoms with E-state index in [1.165, 1.54) is 18.4 Å². The topological polar surface area (TPSA) is 54.0 Å². The molecule has 0 radical (unpaired) electrons. The number of rotatable bonds is 13. The Morgan fingerprint density at radius 1 is 0.971 bits per heavy atom. The molecular weight excluding hydrogens is 475 g/mol. The van der Waals surface area contributed by atoms with Gasteiger partial charge in [0.1, 0.15) is 0 Å². The van der Waals surface area contributed by atoms with Crippen molar-refractivity contribution >= 4 is 16.1 Å². The van der Waals surface area contributed by atoms with Crippen LogP contribution < -0.4 is 0 Å². The van der Waals surface area contributed by atoms with Gasteiger partial charge in [0.05, 0.1) is 24.9 Å². The van der Waals surface area contributed by atoms with Gasteiger partial charge in [-0.05, 0) is 70.5 Å². The Morgan fingerprint density at radius 3 is 1.89 bits per heavy atom. The van der Waals surface area contributed by atoms with Gasteiger partial charge in [-0.3, -0.25) is 13.6 Å². The van der Waals surface area contributed by atoms with Crippen LogP contribution in [0.25, 0.3) is 0 Å². The summed E-state index contributed by atoms with van der Waals surface area (Å²) in [4.78, 5) is 0. The van der Waals surface area contributed by atoms with E-state index < -0.39 is 16.1 Å². The molecular formula is C28H53O5PSi. The molecule has 0 heterocycles. The molecule has 0 aromatic rings. The molecule has 2 aliphatic carbocycles. The first-order valence-electron chi connectivity index (χ1n) is 13.9. The van der Waals surface area contributed by atoms with E-state index in [0.29, 0.717) is 13.0 Å². The highest BCUT2D eigenvalue weighted by molar-refractivity contribution is 7.48. The summed E-state index contributed by atoms with van der Waals surface area (Å²) >= 11 is 0. The quantitative estimate of drug-likeness (QED) is 0.135.